The van der Waals surface area contributed by atoms with Gasteiger partial charge in [0, 0.05) is 17.0 Å². The second-order valence-electron chi connectivity index (χ2n) is 6.95. The van der Waals surface area contributed by atoms with Crippen molar-refractivity contribution in [2.75, 3.05) is 12.0 Å². The maximum atomic E-state index is 12.8. The van der Waals surface area contributed by atoms with Crippen LogP contribution in [0.15, 0.2) is 41.3 Å². The predicted molar refractivity (Wildman–Crippen MR) is 118 cm³/mol. The van der Waals surface area contributed by atoms with Crippen LogP contribution in [-0.4, -0.2) is 45.2 Å². The number of carbonyl (C=O) groups is 4. The zero-order chi connectivity index (χ0) is 22.7. The van der Waals surface area contributed by atoms with Crippen molar-refractivity contribution in [2.24, 2.45) is 0 Å². The molecule has 1 aliphatic rings. The SMILES string of the molecule is CCOC(=O)[C@@H](C)N1C(=O)S/C(=C/c2cc(C)n(NC(=O)c3ccccc3)c2C)C1=O. The number of thioether (sulfide) groups is 1. The van der Waals surface area contributed by atoms with Crippen molar-refractivity contribution in [3.05, 3.63) is 63.8 Å². The predicted octanol–water partition coefficient (Wildman–Crippen LogP) is 3.48. The van der Waals surface area contributed by atoms with Crippen LogP contribution >= 0.6 is 11.8 Å². The molecule has 1 fully saturated rings. The number of esters is 1. The summed E-state index contributed by atoms with van der Waals surface area (Å²) in [5.41, 5.74) is 5.49. The van der Waals surface area contributed by atoms with E-state index in [1.165, 1.54) is 6.92 Å². The molecule has 0 unspecified atom stereocenters. The van der Waals surface area contributed by atoms with Gasteiger partial charge in [-0.3, -0.25) is 29.4 Å². The van der Waals surface area contributed by atoms with E-state index in [9.17, 15) is 19.2 Å². The minimum atomic E-state index is -1.00. The lowest BCUT2D eigenvalue weighted by Crippen LogP contribution is -2.42. The number of carbonyl (C=O) groups excluding carboxylic acids is 4. The minimum Gasteiger partial charge on any atom is -0.464 e. The van der Waals surface area contributed by atoms with Crippen molar-refractivity contribution in [1.29, 1.82) is 0 Å². The third kappa shape index (κ3) is 4.56. The van der Waals surface area contributed by atoms with Crippen molar-refractivity contribution in [3.63, 3.8) is 0 Å². The van der Waals surface area contributed by atoms with Crippen molar-refractivity contribution in [2.45, 2.75) is 33.7 Å². The van der Waals surface area contributed by atoms with E-state index >= 15 is 0 Å². The maximum Gasteiger partial charge on any atom is 0.329 e. The number of hydrogen-bond acceptors (Lipinski definition) is 6. The normalized spacial score (nSPS) is 16.0. The second kappa shape index (κ2) is 9.22. The molecule has 0 bridgehead atoms. The number of imide groups is 1. The molecule has 2 aromatic rings. The lowest BCUT2D eigenvalue weighted by molar-refractivity contribution is -0.150. The van der Waals surface area contributed by atoms with Crippen LogP contribution < -0.4 is 5.43 Å². The Morgan fingerprint density at radius 3 is 2.52 bits per heavy atom. The smallest absolute Gasteiger partial charge is 0.329 e. The van der Waals surface area contributed by atoms with E-state index in [4.69, 9.17) is 4.74 Å². The molecule has 0 saturated carbocycles. The standard InChI is InChI=1S/C22H23N3O5S/c1-5-30-21(28)15(4)24-20(27)18(31-22(24)29)12-17-11-13(2)25(14(17)3)23-19(26)16-9-7-6-8-10-16/h6-12,15H,5H2,1-4H3,(H,23,26)/b18-12+/t15-/m1/s1. The van der Waals surface area contributed by atoms with Gasteiger partial charge < -0.3 is 4.74 Å². The fraction of sp³-hybridized carbons (Fsp3) is 0.273. The van der Waals surface area contributed by atoms with Crippen LogP contribution in [0.5, 0.6) is 0 Å². The number of aryl methyl sites for hydroxylation is 1. The van der Waals surface area contributed by atoms with Gasteiger partial charge in [-0.05, 0) is 69.3 Å². The zero-order valence-electron chi connectivity index (χ0n) is 17.7. The Balaban J connectivity index is 1.83. The lowest BCUT2D eigenvalue weighted by Gasteiger charge is -2.19. The monoisotopic (exact) mass is 441 g/mol. The molecule has 31 heavy (non-hydrogen) atoms. The summed E-state index contributed by atoms with van der Waals surface area (Å²) >= 11 is 0.769. The molecule has 0 radical (unpaired) electrons. The first kappa shape index (κ1) is 22.4. The Hall–Kier alpha value is -3.33. The van der Waals surface area contributed by atoms with E-state index < -0.39 is 23.2 Å². The number of hydrogen-bond donors (Lipinski definition) is 1. The largest absolute Gasteiger partial charge is 0.464 e. The van der Waals surface area contributed by atoms with Gasteiger partial charge >= 0.3 is 5.97 Å². The van der Waals surface area contributed by atoms with Gasteiger partial charge in [0.2, 0.25) is 0 Å². The van der Waals surface area contributed by atoms with Gasteiger partial charge in [0.05, 0.1) is 11.5 Å². The maximum absolute atomic E-state index is 12.8. The van der Waals surface area contributed by atoms with E-state index in [1.54, 1.807) is 48.9 Å². The van der Waals surface area contributed by atoms with Crippen LogP contribution in [0.1, 0.15) is 41.2 Å². The highest BCUT2D eigenvalue weighted by Crippen LogP contribution is 2.34. The van der Waals surface area contributed by atoms with Crippen LogP contribution in [0.25, 0.3) is 6.08 Å². The lowest BCUT2D eigenvalue weighted by atomic mass is 10.2. The molecule has 0 aliphatic carbocycles. The molecule has 9 heteroatoms. The summed E-state index contributed by atoms with van der Waals surface area (Å²) in [5, 5.41) is -0.525. The van der Waals surface area contributed by atoms with E-state index in [-0.39, 0.29) is 17.4 Å². The van der Waals surface area contributed by atoms with Crippen LogP contribution in [0.4, 0.5) is 4.79 Å². The van der Waals surface area contributed by atoms with Gasteiger partial charge in [0.25, 0.3) is 17.1 Å². The van der Waals surface area contributed by atoms with Crippen molar-refractivity contribution in [3.8, 4) is 0 Å². The van der Waals surface area contributed by atoms with Gasteiger partial charge in [-0.1, -0.05) is 18.2 Å². The molecule has 8 nitrogen and oxygen atoms in total. The summed E-state index contributed by atoms with van der Waals surface area (Å²) in [4.78, 5) is 50.7. The van der Waals surface area contributed by atoms with Crippen LogP contribution in [0, 0.1) is 13.8 Å². The summed E-state index contributed by atoms with van der Waals surface area (Å²) in [6, 6.07) is 9.62. The molecular formula is C22H23N3O5S. The molecule has 3 amide bonds. The number of ether oxygens (including phenoxy) is 1. The molecule has 162 valence electrons. The fourth-order valence-corrected chi connectivity index (χ4v) is 4.08. The second-order valence-corrected chi connectivity index (χ2v) is 7.94. The van der Waals surface area contributed by atoms with E-state index in [0.29, 0.717) is 16.8 Å². The number of amides is 3. The van der Waals surface area contributed by atoms with Gasteiger partial charge in [-0.25, -0.2) is 4.79 Å². The van der Waals surface area contributed by atoms with E-state index in [0.717, 1.165) is 22.4 Å². The number of aromatic nitrogens is 1. The molecule has 2 heterocycles. The summed E-state index contributed by atoms with van der Waals surface area (Å²) in [5.74, 6) is -1.45. The fourth-order valence-electron chi connectivity index (χ4n) is 3.18. The Kier molecular flexibility index (Phi) is 6.65. The third-order valence-electron chi connectivity index (χ3n) is 4.84. The summed E-state index contributed by atoms with van der Waals surface area (Å²) in [6.07, 6.45) is 1.59. The molecule has 1 saturated heterocycles. The quantitative estimate of drug-likeness (QED) is 0.545. The Morgan fingerprint density at radius 1 is 1.19 bits per heavy atom. The topological polar surface area (TPSA) is 97.7 Å². The molecule has 3 rings (SSSR count). The van der Waals surface area contributed by atoms with Gasteiger partial charge in [-0.15, -0.1) is 0 Å². The molecule has 0 spiro atoms. The third-order valence-corrected chi connectivity index (χ3v) is 5.73. The Morgan fingerprint density at radius 2 is 1.87 bits per heavy atom. The van der Waals surface area contributed by atoms with E-state index in [1.807, 2.05) is 19.1 Å². The molecule has 1 atom stereocenters. The number of rotatable bonds is 6. The molecule has 1 aromatic heterocycles. The first-order chi connectivity index (χ1) is 14.7. The summed E-state index contributed by atoms with van der Waals surface area (Å²) in [7, 11) is 0. The average molecular weight is 442 g/mol. The van der Waals surface area contributed by atoms with Gasteiger partial charge in [0.15, 0.2) is 0 Å². The first-order valence-corrected chi connectivity index (χ1v) is 10.5. The van der Waals surface area contributed by atoms with Gasteiger partial charge in [0.1, 0.15) is 6.04 Å². The summed E-state index contributed by atoms with van der Waals surface area (Å²) in [6.45, 7) is 6.91. The van der Waals surface area contributed by atoms with Crippen molar-refractivity contribution < 1.29 is 23.9 Å². The molecule has 1 aliphatic heterocycles. The zero-order valence-corrected chi connectivity index (χ0v) is 18.5. The Labute approximate surface area is 184 Å². The number of benzene rings is 1. The van der Waals surface area contributed by atoms with Gasteiger partial charge in [-0.2, -0.15) is 0 Å². The highest BCUT2D eigenvalue weighted by atomic mass is 32.2. The first-order valence-electron chi connectivity index (χ1n) is 9.73. The molecule has 1 aromatic carbocycles. The Bertz CT molecular complexity index is 1070. The van der Waals surface area contributed by atoms with Crippen LogP contribution in [-0.2, 0) is 14.3 Å². The number of nitrogens with zero attached hydrogens (tertiary/aromatic N) is 2. The highest BCUT2D eigenvalue weighted by molar-refractivity contribution is 8.18. The van der Waals surface area contributed by atoms with Crippen LogP contribution in [0.3, 0.4) is 0 Å². The minimum absolute atomic E-state index is 0.163. The highest BCUT2D eigenvalue weighted by Gasteiger charge is 2.41. The number of nitrogens with one attached hydrogen (secondary N) is 1. The molecular weight excluding hydrogens is 418 g/mol. The average Bonchev–Trinajstić information content (AvgIpc) is 3.17. The molecule has 1 N–H and O–H groups in total. The van der Waals surface area contributed by atoms with Crippen LogP contribution in [0.2, 0.25) is 0 Å². The van der Waals surface area contributed by atoms with E-state index in [2.05, 4.69) is 5.43 Å². The summed E-state index contributed by atoms with van der Waals surface area (Å²) < 4.78 is 6.55. The van der Waals surface area contributed by atoms with Crippen molar-refractivity contribution in [1.82, 2.24) is 9.58 Å². The van der Waals surface area contributed by atoms with Crippen molar-refractivity contribution >= 4 is 40.9 Å².